The van der Waals surface area contributed by atoms with Crippen LogP contribution in [0.15, 0.2) is 0 Å². The van der Waals surface area contributed by atoms with E-state index in [-0.39, 0.29) is 12.0 Å². The summed E-state index contributed by atoms with van der Waals surface area (Å²) in [7, 11) is 0. The van der Waals surface area contributed by atoms with Crippen LogP contribution in [0.3, 0.4) is 0 Å². The number of amides is 1. The van der Waals surface area contributed by atoms with Crippen LogP contribution in [0.2, 0.25) is 0 Å². The van der Waals surface area contributed by atoms with Crippen LogP contribution in [-0.2, 0) is 4.74 Å². The van der Waals surface area contributed by atoms with Gasteiger partial charge in [-0.1, -0.05) is 6.92 Å². The van der Waals surface area contributed by atoms with Gasteiger partial charge in [-0.05, 0) is 33.1 Å². The maximum absolute atomic E-state index is 11.7. The zero-order valence-corrected chi connectivity index (χ0v) is 9.99. The lowest BCUT2D eigenvalue weighted by Gasteiger charge is -2.35. The monoisotopic (exact) mass is 215 g/mol. The number of carbonyl (C=O) groups is 1. The Kier molecular flexibility index (Phi) is 3.60. The molecule has 1 heterocycles. The fourth-order valence-corrected chi connectivity index (χ4v) is 1.54. The van der Waals surface area contributed by atoms with Crippen LogP contribution in [0.4, 0.5) is 4.79 Å². The largest absolute Gasteiger partial charge is 0.444 e. The number of hydrogen-bond acceptors (Lipinski definition) is 3. The number of rotatable bonds is 0. The van der Waals surface area contributed by atoms with E-state index in [0.717, 1.165) is 6.42 Å². The van der Waals surface area contributed by atoms with Crippen molar-refractivity contribution in [3.8, 4) is 0 Å². The smallest absolute Gasteiger partial charge is 0.410 e. The first-order valence-corrected chi connectivity index (χ1v) is 5.45. The molecule has 1 fully saturated rings. The third-order valence-electron chi connectivity index (χ3n) is 2.57. The van der Waals surface area contributed by atoms with Gasteiger partial charge in [0.2, 0.25) is 0 Å². The maximum Gasteiger partial charge on any atom is 0.410 e. The number of β-amino-alcohol motifs (C(OH)–C–C–N with tert-alkyl or cyclic N) is 1. The van der Waals surface area contributed by atoms with Gasteiger partial charge in [0.15, 0.2) is 0 Å². The van der Waals surface area contributed by atoms with E-state index < -0.39 is 11.7 Å². The third-order valence-corrected chi connectivity index (χ3v) is 2.57. The van der Waals surface area contributed by atoms with E-state index in [2.05, 4.69) is 0 Å². The minimum absolute atomic E-state index is 0.267. The van der Waals surface area contributed by atoms with Crippen LogP contribution in [0.5, 0.6) is 0 Å². The molecule has 1 unspecified atom stereocenters. The van der Waals surface area contributed by atoms with Crippen molar-refractivity contribution in [2.45, 2.75) is 45.8 Å². The van der Waals surface area contributed by atoms with Gasteiger partial charge < -0.3 is 14.7 Å². The number of likely N-dealkylation sites (tertiary alicyclic amines) is 1. The molecule has 88 valence electrons. The van der Waals surface area contributed by atoms with Crippen molar-refractivity contribution in [3.05, 3.63) is 0 Å². The Balaban J connectivity index is 2.48. The first kappa shape index (κ1) is 12.3. The summed E-state index contributed by atoms with van der Waals surface area (Å²) in [5.74, 6) is 0.267. The summed E-state index contributed by atoms with van der Waals surface area (Å²) in [6.07, 6.45) is 0.0835. The molecule has 1 amide bonds. The van der Waals surface area contributed by atoms with Gasteiger partial charge in [0.25, 0.3) is 0 Å². The van der Waals surface area contributed by atoms with Crippen LogP contribution >= 0.6 is 0 Å². The normalized spacial score (nSPS) is 27.7. The molecule has 2 atom stereocenters. The minimum Gasteiger partial charge on any atom is -0.444 e. The maximum atomic E-state index is 11.7. The highest BCUT2D eigenvalue weighted by molar-refractivity contribution is 5.68. The Morgan fingerprint density at radius 2 is 2.07 bits per heavy atom. The average Bonchev–Trinajstić information content (AvgIpc) is 2.06. The molecular formula is C11H21NO3. The molecule has 4 nitrogen and oxygen atoms in total. The molecule has 0 aromatic heterocycles. The van der Waals surface area contributed by atoms with Crippen molar-refractivity contribution in [2.75, 3.05) is 13.1 Å². The summed E-state index contributed by atoms with van der Waals surface area (Å²) in [5.41, 5.74) is -0.467. The van der Waals surface area contributed by atoms with Gasteiger partial charge in [-0.2, -0.15) is 0 Å². The molecule has 1 aliphatic rings. The van der Waals surface area contributed by atoms with Gasteiger partial charge in [-0.15, -0.1) is 0 Å². The Bertz CT molecular complexity index is 234. The molecule has 1 aliphatic heterocycles. The summed E-state index contributed by atoms with van der Waals surface area (Å²) in [6, 6.07) is 0. The topological polar surface area (TPSA) is 49.8 Å². The molecular weight excluding hydrogens is 194 g/mol. The number of hydrogen-bond donors (Lipinski definition) is 1. The Hall–Kier alpha value is -0.770. The second-order valence-corrected chi connectivity index (χ2v) is 5.26. The first-order chi connectivity index (χ1) is 6.79. The van der Waals surface area contributed by atoms with Crippen molar-refractivity contribution in [2.24, 2.45) is 5.92 Å². The van der Waals surface area contributed by atoms with Gasteiger partial charge in [0.1, 0.15) is 5.60 Å². The van der Waals surface area contributed by atoms with E-state index >= 15 is 0 Å². The van der Waals surface area contributed by atoms with Crippen molar-refractivity contribution >= 4 is 6.09 Å². The highest BCUT2D eigenvalue weighted by Gasteiger charge is 2.29. The van der Waals surface area contributed by atoms with E-state index in [0.29, 0.717) is 13.1 Å². The molecule has 1 rings (SSSR count). The van der Waals surface area contributed by atoms with E-state index in [4.69, 9.17) is 4.74 Å². The van der Waals surface area contributed by atoms with Crippen LogP contribution in [-0.4, -0.2) is 40.9 Å². The van der Waals surface area contributed by atoms with E-state index in [9.17, 15) is 9.90 Å². The predicted molar refractivity (Wildman–Crippen MR) is 57.6 cm³/mol. The first-order valence-electron chi connectivity index (χ1n) is 5.45. The molecule has 15 heavy (non-hydrogen) atoms. The van der Waals surface area contributed by atoms with Crippen molar-refractivity contribution in [1.29, 1.82) is 0 Å². The molecule has 1 saturated heterocycles. The molecule has 0 aromatic carbocycles. The number of piperidine rings is 1. The zero-order valence-electron chi connectivity index (χ0n) is 9.99. The number of carbonyl (C=O) groups excluding carboxylic acids is 1. The highest BCUT2D eigenvalue weighted by atomic mass is 16.6. The standard InChI is InChI=1S/C11H21NO3/c1-8-5-6-12(7-9(8)13)10(14)15-11(2,3)4/h8-9,13H,5-7H2,1-4H3/t8?,9-/m0/s1. The quantitative estimate of drug-likeness (QED) is 0.668. The second kappa shape index (κ2) is 4.39. The second-order valence-electron chi connectivity index (χ2n) is 5.26. The summed E-state index contributed by atoms with van der Waals surface area (Å²) in [6.45, 7) is 8.58. The lowest BCUT2D eigenvalue weighted by atomic mass is 9.96. The minimum atomic E-state index is -0.467. The number of aliphatic hydroxyl groups is 1. The van der Waals surface area contributed by atoms with Gasteiger partial charge >= 0.3 is 6.09 Å². The summed E-state index contributed by atoms with van der Waals surface area (Å²) in [4.78, 5) is 13.2. The van der Waals surface area contributed by atoms with Crippen LogP contribution in [0.1, 0.15) is 34.1 Å². The Morgan fingerprint density at radius 1 is 1.47 bits per heavy atom. The molecule has 0 aliphatic carbocycles. The van der Waals surface area contributed by atoms with Crippen molar-refractivity contribution < 1.29 is 14.6 Å². The zero-order chi connectivity index (χ0) is 11.6. The highest BCUT2D eigenvalue weighted by Crippen LogP contribution is 2.19. The number of aliphatic hydroxyl groups excluding tert-OH is 1. The Morgan fingerprint density at radius 3 is 2.53 bits per heavy atom. The van der Waals surface area contributed by atoms with Crippen molar-refractivity contribution in [1.82, 2.24) is 4.90 Å². The Labute approximate surface area is 91.2 Å². The number of ether oxygens (including phenoxy) is 1. The number of nitrogens with zero attached hydrogens (tertiary/aromatic N) is 1. The molecule has 0 aromatic rings. The summed E-state index contributed by atoms with van der Waals surface area (Å²) in [5, 5.41) is 9.65. The van der Waals surface area contributed by atoms with Gasteiger partial charge in [0, 0.05) is 6.54 Å². The lowest BCUT2D eigenvalue weighted by molar-refractivity contribution is -0.00946. The molecule has 0 spiro atoms. The molecule has 0 radical (unpaired) electrons. The van der Waals surface area contributed by atoms with Crippen LogP contribution < -0.4 is 0 Å². The molecule has 4 heteroatoms. The van der Waals surface area contributed by atoms with E-state index in [1.165, 1.54) is 0 Å². The van der Waals surface area contributed by atoms with Gasteiger partial charge in [0.05, 0.1) is 12.6 Å². The third kappa shape index (κ3) is 3.70. The SMILES string of the molecule is CC1CCN(C(=O)OC(C)(C)C)C[C@@H]1O. The van der Waals surface area contributed by atoms with Crippen LogP contribution in [0, 0.1) is 5.92 Å². The predicted octanol–water partition coefficient (Wildman–Crippen LogP) is 1.62. The van der Waals surface area contributed by atoms with Gasteiger partial charge in [-0.3, -0.25) is 0 Å². The van der Waals surface area contributed by atoms with Crippen molar-refractivity contribution in [3.63, 3.8) is 0 Å². The summed E-state index contributed by atoms with van der Waals surface area (Å²) >= 11 is 0. The molecule has 1 N–H and O–H groups in total. The van der Waals surface area contributed by atoms with E-state index in [1.54, 1.807) is 4.90 Å². The van der Waals surface area contributed by atoms with Gasteiger partial charge in [-0.25, -0.2) is 4.79 Å². The molecule has 0 saturated carbocycles. The summed E-state index contributed by atoms with van der Waals surface area (Å²) < 4.78 is 5.24. The fourth-order valence-electron chi connectivity index (χ4n) is 1.54. The fraction of sp³-hybridized carbons (Fsp3) is 0.909. The average molecular weight is 215 g/mol. The molecule has 0 bridgehead atoms. The lowest BCUT2D eigenvalue weighted by Crippen LogP contribution is -2.47. The van der Waals surface area contributed by atoms with Crippen LogP contribution in [0.25, 0.3) is 0 Å². The van der Waals surface area contributed by atoms with E-state index in [1.807, 2.05) is 27.7 Å².